The first kappa shape index (κ1) is 49.3. The molecule has 0 radical (unpaired) electrons. The van der Waals surface area contributed by atoms with Gasteiger partial charge in [-0.05, 0) is 80.3 Å². The highest BCUT2D eigenvalue weighted by Crippen LogP contribution is 2.39. The van der Waals surface area contributed by atoms with E-state index in [1.807, 2.05) is 7.05 Å². The Balaban J connectivity index is 5.13. The second-order valence-electron chi connectivity index (χ2n) is 20.4. The number of nitrogens with zero attached hydrogens (tertiary/aromatic N) is 2. The zero-order chi connectivity index (χ0) is 39.7. The molecule has 0 saturated heterocycles. The van der Waals surface area contributed by atoms with E-state index < -0.39 is 0 Å². The zero-order valence-corrected chi connectivity index (χ0v) is 36.6. The van der Waals surface area contributed by atoms with E-state index in [0.717, 1.165) is 58.0 Å². The van der Waals surface area contributed by atoms with Crippen LogP contribution in [0.2, 0.25) is 0 Å². The maximum absolute atomic E-state index is 12.9. The van der Waals surface area contributed by atoms with Gasteiger partial charge in [-0.2, -0.15) is 0 Å². The molecule has 0 aliphatic rings. The molecule has 2 unspecified atom stereocenters. The van der Waals surface area contributed by atoms with Crippen molar-refractivity contribution in [1.29, 1.82) is 0 Å². The molecule has 0 rings (SSSR count). The molecule has 0 N–H and O–H groups in total. The van der Waals surface area contributed by atoms with Crippen LogP contribution in [0.3, 0.4) is 0 Å². The summed E-state index contributed by atoms with van der Waals surface area (Å²) < 4.78 is 17.3. The Kier molecular flexibility index (Phi) is 21.2. The Hall–Kier alpha value is -1.67. The summed E-state index contributed by atoms with van der Waals surface area (Å²) in [6.07, 6.45) is 7.71. The lowest BCUT2D eigenvalue weighted by Crippen LogP contribution is -2.34. The smallest absolute Gasteiger partial charge is 0.307 e. The molecule has 8 nitrogen and oxygen atoms in total. The summed E-state index contributed by atoms with van der Waals surface area (Å²) in [5.41, 5.74) is 0.344. The first-order chi connectivity index (χ1) is 23.2. The molecule has 0 fully saturated rings. The lowest BCUT2D eigenvalue weighted by atomic mass is 9.72. The summed E-state index contributed by atoms with van der Waals surface area (Å²) in [4.78, 5) is 42.7. The molecule has 0 aromatic heterocycles. The van der Waals surface area contributed by atoms with Crippen molar-refractivity contribution in [2.24, 2.45) is 32.5 Å². The highest BCUT2D eigenvalue weighted by Gasteiger charge is 2.32. The molecule has 0 spiro atoms. The van der Waals surface area contributed by atoms with Crippen LogP contribution in [-0.2, 0) is 28.6 Å². The zero-order valence-electron chi connectivity index (χ0n) is 36.6. The van der Waals surface area contributed by atoms with Crippen LogP contribution in [-0.4, -0.2) is 87.3 Å². The van der Waals surface area contributed by atoms with Crippen LogP contribution in [0.15, 0.2) is 0 Å². The molecule has 0 aromatic rings. The minimum absolute atomic E-state index is 0.0197. The minimum Gasteiger partial charge on any atom is -0.465 e. The third-order valence-corrected chi connectivity index (χ3v) is 10.3. The van der Waals surface area contributed by atoms with Crippen molar-refractivity contribution in [2.75, 3.05) is 59.6 Å². The van der Waals surface area contributed by atoms with Gasteiger partial charge in [0, 0.05) is 30.5 Å². The molecule has 0 saturated carbocycles. The lowest BCUT2D eigenvalue weighted by Gasteiger charge is -2.36. The molecular weight excluding hydrogens is 640 g/mol. The first-order valence-electron chi connectivity index (χ1n) is 20.0. The van der Waals surface area contributed by atoms with Crippen molar-refractivity contribution in [3.63, 3.8) is 0 Å². The Morgan fingerprint density at radius 3 is 1.29 bits per heavy atom. The van der Waals surface area contributed by atoms with Gasteiger partial charge in [-0.25, -0.2) is 0 Å². The fraction of sp³-hybridized carbons (Fsp3) is 0.930. The van der Waals surface area contributed by atoms with Crippen LogP contribution >= 0.6 is 0 Å². The summed E-state index contributed by atoms with van der Waals surface area (Å²) in [6.45, 7) is 37.5. The molecule has 0 aliphatic heterocycles. The summed E-state index contributed by atoms with van der Waals surface area (Å²) >= 11 is 0. The van der Waals surface area contributed by atoms with Gasteiger partial charge in [0.25, 0.3) is 0 Å². The number of hydrogen-bond acceptors (Lipinski definition) is 8. The Morgan fingerprint density at radius 1 is 0.471 bits per heavy atom. The summed E-state index contributed by atoms with van der Waals surface area (Å²) in [5, 5.41) is 0. The molecule has 8 heteroatoms. The van der Waals surface area contributed by atoms with E-state index in [2.05, 4.69) is 114 Å². The van der Waals surface area contributed by atoms with E-state index in [1.54, 1.807) is 0 Å². The van der Waals surface area contributed by atoms with Crippen LogP contribution in [0.25, 0.3) is 0 Å². The van der Waals surface area contributed by atoms with Crippen molar-refractivity contribution < 1.29 is 28.6 Å². The molecular formula is C43H84N2O6. The normalized spacial score (nSPS) is 15.4. The molecule has 302 valence electrons. The van der Waals surface area contributed by atoms with Crippen molar-refractivity contribution in [3.8, 4) is 0 Å². The average Bonchev–Trinajstić information content (AvgIpc) is 2.99. The monoisotopic (exact) mass is 725 g/mol. The third-order valence-electron chi connectivity index (χ3n) is 10.3. The highest BCUT2D eigenvalue weighted by molar-refractivity contribution is 5.70. The topological polar surface area (TPSA) is 85.4 Å². The van der Waals surface area contributed by atoms with E-state index in [1.165, 1.54) is 0 Å². The van der Waals surface area contributed by atoms with Gasteiger partial charge in [-0.1, -0.05) is 110 Å². The molecule has 0 amide bonds. The number of rotatable bonds is 26. The third kappa shape index (κ3) is 25.1. The fourth-order valence-electron chi connectivity index (χ4n) is 7.40. The maximum Gasteiger partial charge on any atom is 0.307 e. The summed E-state index contributed by atoms with van der Waals surface area (Å²) in [6, 6.07) is 0. The van der Waals surface area contributed by atoms with Gasteiger partial charge in [-0.15, -0.1) is 0 Å². The molecule has 0 aromatic carbocycles. The molecule has 2 atom stereocenters. The number of esters is 3. The number of carbonyl (C=O) groups excluding carboxylic acids is 3. The average molecular weight is 725 g/mol. The van der Waals surface area contributed by atoms with Crippen molar-refractivity contribution in [3.05, 3.63) is 0 Å². The van der Waals surface area contributed by atoms with Crippen LogP contribution < -0.4 is 0 Å². The molecule has 0 heterocycles. The minimum atomic E-state index is -0.210. The number of ether oxygens (including phenoxy) is 3. The fourth-order valence-corrected chi connectivity index (χ4v) is 7.40. The van der Waals surface area contributed by atoms with Crippen molar-refractivity contribution >= 4 is 17.9 Å². The van der Waals surface area contributed by atoms with Gasteiger partial charge in [0.2, 0.25) is 0 Å². The van der Waals surface area contributed by atoms with Crippen LogP contribution in [0.1, 0.15) is 168 Å². The van der Waals surface area contributed by atoms with Gasteiger partial charge >= 0.3 is 17.9 Å². The Bertz CT molecular complexity index is 1030. The molecule has 51 heavy (non-hydrogen) atoms. The van der Waals surface area contributed by atoms with E-state index in [-0.39, 0.29) is 63.2 Å². The molecule has 0 bridgehead atoms. The van der Waals surface area contributed by atoms with Gasteiger partial charge in [-0.3, -0.25) is 14.4 Å². The predicted octanol–water partition coefficient (Wildman–Crippen LogP) is 9.97. The van der Waals surface area contributed by atoms with Gasteiger partial charge in [0.15, 0.2) is 0 Å². The summed E-state index contributed by atoms with van der Waals surface area (Å²) in [5.74, 6) is -0.562. The Morgan fingerprint density at radius 2 is 0.882 bits per heavy atom. The first-order valence-corrected chi connectivity index (χ1v) is 20.0. The van der Waals surface area contributed by atoms with E-state index in [4.69, 9.17) is 14.2 Å². The molecule has 0 aliphatic carbocycles. The maximum atomic E-state index is 12.9. The van der Waals surface area contributed by atoms with E-state index >= 15 is 0 Å². The second-order valence-corrected chi connectivity index (χ2v) is 20.4. The van der Waals surface area contributed by atoms with Gasteiger partial charge in [0.1, 0.15) is 0 Å². The largest absolute Gasteiger partial charge is 0.465 e. The van der Waals surface area contributed by atoms with Crippen molar-refractivity contribution in [1.82, 2.24) is 9.80 Å². The second kappa shape index (κ2) is 21.9. The van der Waals surface area contributed by atoms with E-state index in [9.17, 15) is 14.4 Å². The Labute approximate surface area is 315 Å². The van der Waals surface area contributed by atoms with Gasteiger partial charge < -0.3 is 24.0 Å². The SMILES string of the molecule is CCC(C)(C)CC(C)(CC)COC(=O)CCN(C)CCCN(CCC(=O)OCC(C)(C)CC(C)(C)C)CCC(=O)OCC(C)(CC)CC(C)(C)C. The number of hydrogen-bond donors (Lipinski definition) is 0. The van der Waals surface area contributed by atoms with Crippen LogP contribution in [0, 0.1) is 32.5 Å². The standard InChI is InChI=1S/C43H84N2O6/c1-17-40(10,11)31-43(15,19-3)34-51-35(46)21-26-44(16)24-20-25-45(27-22-36(47)49-32-41(12,13)29-38(4,5)6)28-23-37(48)50-33-42(14,18-2)30-39(7,8)9/h17-34H2,1-16H3. The summed E-state index contributed by atoms with van der Waals surface area (Å²) in [7, 11) is 2.02. The van der Waals surface area contributed by atoms with Gasteiger partial charge in [0.05, 0.1) is 39.1 Å². The predicted molar refractivity (Wildman–Crippen MR) is 213 cm³/mol. The lowest BCUT2D eigenvalue weighted by molar-refractivity contribution is -0.149. The van der Waals surface area contributed by atoms with Crippen molar-refractivity contribution in [2.45, 2.75) is 168 Å². The van der Waals surface area contributed by atoms with Crippen LogP contribution in [0.5, 0.6) is 0 Å². The van der Waals surface area contributed by atoms with E-state index in [0.29, 0.717) is 45.9 Å². The highest BCUT2D eigenvalue weighted by atomic mass is 16.5. The number of carbonyl (C=O) groups is 3. The van der Waals surface area contributed by atoms with Crippen LogP contribution in [0.4, 0.5) is 0 Å². The quantitative estimate of drug-likeness (QED) is 0.0644.